The first-order valence-corrected chi connectivity index (χ1v) is 9.02. The van der Waals surface area contributed by atoms with Crippen LogP contribution in [0.1, 0.15) is 43.7 Å². The van der Waals surface area contributed by atoms with Crippen molar-refractivity contribution in [3.8, 4) is 0 Å². The van der Waals surface area contributed by atoms with Gasteiger partial charge in [-0.3, -0.25) is 4.90 Å². The quantitative estimate of drug-likeness (QED) is 0.652. The van der Waals surface area contributed by atoms with Crippen molar-refractivity contribution in [2.24, 2.45) is 5.92 Å². The van der Waals surface area contributed by atoms with Crippen LogP contribution >= 0.6 is 48.0 Å². The Morgan fingerprint density at radius 1 is 1.00 bits per heavy atom. The van der Waals surface area contributed by atoms with Gasteiger partial charge in [0.25, 0.3) is 0 Å². The summed E-state index contributed by atoms with van der Waals surface area (Å²) in [7, 11) is 0. The van der Waals surface area contributed by atoms with Crippen molar-refractivity contribution >= 4 is 48.0 Å². The van der Waals surface area contributed by atoms with Gasteiger partial charge in [0.15, 0.2) is 0 Å². The Bertz CT molecular complexity index is 500. The van der Waals surface area contributed by atoms with Crippen LogP contribution in [0.4, 0.5) is 4.39 Å². The Hall–Kier alpha value is 0.230. The van der Waals surface area contributed by atoms with Crippen molar-refractivity contribution in [3.63, 3.8) is 0 Å². The minimum atomic E-state index is -0.330. The normalized spacial score (nSPS) is 20.8. The Kier molecular flexibility index (Phi) is 9.65. The van der Waals surface area contributed by atoms with Gasteiger partial charge < -0.3 is 5.32 Å². The van der Waals surface area contributed by atoms with Gasteiger partial charge in [0.2, 0.25) is 0 Å². The average molecular weight is 418 g/mol. The molecule has 138 valence electrons. The van der Waals surface area contributed by atoms with Crippen LogP contribution in [-0.2, 0) is 0 Å². The second-order valence-corrected chi connectivity index (χ2v) is 7.20. The molecule has 2 aliphatic rings. The molecule has 7 heteroatoms. The molecule has 0 bridgehead atoms. The number of nitrogens with one attached hydrogen (secondary N) is 1. The van der Waals surface area contributed by atoms with Crippen molar-refractivity contribution in [3.05, 3.63) is 33.6 Å². The van der Waals surface area contributed by atoms with Gasteiger partial charge in [-0.05, 0) is 30.9 Å². The summed E-state index contributed by atoms with van der Waals surface area (Å²) in [4.78, 5) is 2.40. The molecule has 0 aromatic heterocycles. The lowest BCUT2D eigenvalue weighted by Crippen LogP contribution is -2.47. The van der Waals surface area contributed by atoms with Gasteiger partial charge in [-0.1, -0.05) is 42.5 Å². The Balaban J connectivity index is 0.00000144. The van der Waals surface area contributed by atoms with Gasteiger partial charge >= 0.3 is 0 Å². The molecule has 0 unspecified atom stereocenters. The van der Waals surface area contributed by atoms with Crippen molar-refractivity contribution in [1.29, 1.82) is 0 Å². The lowest BCUT2D eigenvalue weighted by atomic mass is 9.80. The van der Waals surface area contributed by atoms with Crippen LogP contribution in [0.2, 0.25) is 10.0 Å². The first kappa shape index (κ1) is 22.3. The lowest BCUT2D eigenvalue weighted by molar-refractivity contribution is 0.101. The molecule has 1 aliphatic carbocycles. The summed E-state index contributed by atoms with van der Waals surface area (Å²) in [6.45, 7) is 3.76. The van der Waals surface area contributed by atoms with Crippen molar-refractivity contribution in [2.45, 2.75) is 38.1 Å². The molecule has 1 saturated carbocycles. The van der Waals surface area contributed by atoms with E-state index < -0.39 is 0 Å². The van der Waals surface area contributed by atoms with Crippen LogP contribution in [0, 0.1) is 11.7 Å². The number of piperazine rings is 1. The summed E-state index contributed by atoms with van der Waals surface area (Å²) < 4.78 is 14.8. The number of halogens is 5. The molecule has 0 spiro atoms. The van der Waals surface area contributed by atoms with E-state index in [-0.39, 0.29) is 41.7 Å². The van der Waals surface area contributed by atoms with Gasteiger partial charge in [-0.2, -0.15) is 0 Å². The van der Waals surface area contributed by atoms with Gasteiger partial charge in [0.05, 0.1) is 5.02 Å². The minimum Gasteiger partial charge on any atom is -0.314 e. The zero-order valence-electron chi connectivity index (χ0n) is 13.6. The summed E-state index contributed by atoms with van der Waals surface area (Å²) in [5, 5.41) is 4.06. The number of hydrogen-bond donors (Lipinski definition) is 1. The second kappa shape index (κ2) is 10.4. The van der Waals surface area contributed by atoms with E-state index in [9.17, 15) is 4.39 Å². The van der Waals surface area contributed by atoms with E-state index in [0.717, 1.165) is 39.0 Å². The standard InChI is InChI=1S/C17H23Cl2FN2.2ClH/c18-13-6-7-14(19)16(20)15(13)17(12-4-2-1-3-5-12)22-10-8-21-9-11-22;;/h6-7,12,17,21H,1-5,8-11H2;2*1H/t17-;;/m0../s1. The van der Waals surface area contributed by atoms with Gasteiger partial charge in [-0.15, -0.1) is 24.8 Å². The summed E-state index contributed by atoms with van der Waals surface area (Å²) >= 11 is 12.4. The molecule has 1 aromatic rings. The summed E-state index contributed by atoms with van der Waals surface area (Å²) in [5.41, 5.74) is 0.614. The second-order valence-electron chi connectivity index (χ2n) is 6.39. The maximum atomic E-state index is 14.8. The molecule has 1 atom stereocenters. The number of rotatable bonds is 3. The lowest BCUT2D eigenvalue weighted by Gasteiger charge is -2.41. The zero-order valence-corrected chi connectivity index (χ0v) is 16.7. The van der Waals surface area contributed by atoms with Crippen LogP contribution in [0.5, 0.6) is 0 Å². The molecule has 2 nitrogen and oxygen atoms in total. The van der Waals surface area contributed by atoms with E-state index >= 15 is 0 Å². The molecule has 1 aliphatic heterocycles. The maximum Gasteiger partial charge on any atom is 0.148 e. The fourth-order valence-electron chi connectivity index (χ4n) is 3.94. The van der Waals surface area contributed by atoms with E-state index in [1.807, 2.05) is 0 Å². The highest BCUT2D eigenvalue weighted by atomic mass is 35.5. The van der Waals surface area contributed by atoms with Gasteiger partial charge in [0, 0.05) is 42.8 Å². The molecule has 1 N–H and O–H groups in total. The van der Waals surface area contributed by atoms with Crippen LogP contribution in [0.25, 0.3) is 0 Å². The number of benzene rings is 1. The predicted octanol–water partition coefficient (Wildman–Crippen LogP) is 5.50. The van der Waals surface area contributed by atoms with Crippen LogP contribution in [0.15, 0.2) is 12.1 Å². The first-order valence-electron chi connectivity index (χ1n) is 8.26. The first-order chi connectivity index (χ1) is 10.7. The largest absolute Gasteiger partial charge is 0.314 e. The zero-order chi connectivity index (χ0) is 15.5. The van der Waals surface area contributed by atoms with Crippen molar-refractivity contribution in [1.82, 2.24) is 10.2 Å². The van der Waals surface area contributed by atoms with E-state index in [4.69, 9.17) is 23.2 Å². The van der Waals surface area contributed by atoms with Crippen molar-refractivity contribution < 1.29 is 4.39 Å². The molecule has 1 saturated heterocycles. The van der Waals surface area contributed by atoms with Gasteiger partial charge in [0.1, 0.15) is 5.82 Å². The Morgan fingerprint density at radius 3 is 2.21 bits per heavy atom. The highest BCUT2D eigenvalue weighted by Gasteiger charge is 2.34. The highest BCUT2D eigenvalue weighted by Crippen LogP contribution is 2.43. The predicted molar refractivity (Wildman–Crippen MR) is 105 cm³/mol. The van der Waals surface area contributed by atoms with E-state index in [2.05, 4.69) is 10.2 Å². The molecular formula is C17H25Cl4FN2. The fourth-order valence-corrected chi connectivity index (χ4v) is 4.36. The summed E-state index contributed by atoms with van der Waals surface area (Å²) in [6.07, 6.45) is 6.05. The molecule has 0 amide bonds. The molecular weight excluding hydrogens is 393 g/mol. The molecule has 24 heavy (non-hydrogen) atoms. The third kappa shape index (κ3) is 4.90. The molecule has 1 heterocycles. The molecule has 1 aromatic carbocycles. The molecule has 0 radical (unpaired) electrons. The molecule has 2 fully saturated rings. The third-order valence-electron chi connectivity index (χ3n) is 5.02. The SMILES string of the molecule is Cl.Cl.Fc1c(Cl)ccc(Cl)c1[C@H](C1CCCCC1)N1CCNCC1. The average Bonchev–Trinajstić information content (AvgIpc) is 2.57. The number of hydrogen-bond acceptors (Lipinski definition) is 2. The third-order valence-corrected chi connectivity index (χ3v) is 5.64. The van der Waals surface area contributed by atoms with E-state index in [1.54, 1.807) is 12.1 Å². The van der Waals surface area contributed by atoms with E-state index in [0.29, 0.717) is 16.5 Å². The highest BCUT2D eigenvalue weighted by molar-refractivity contribution is 6.33. The number of nitrogens with zero attached hydrogens (tertiary/aromatic N) is 1. The van der Waals surface area contributed by atoms with Crippen LogP contribution in [0.3, 0.4) is 0 Å². The van der Waals surface area contributed by atoms with Crippen molar-refractivity contribution in [2.75, 3.05) is 26.2 Å². The fraction of sp³-hybridized carbons (Fsp3) is 0.647. The summed E-state index contributed by atoms with van der Waals surface area (Å²) in [5.74, 6) is 0.139. The maximum absolute atomic E-state index is 14.8. The molecule has 3 rings (SSSR count). The minimum absolute atomic E-state index is 0. The van der Waals surface area contributed by atoms with E-state index in [1.165, 1.54) is 19.3 Å². The Labute approximate surface area is 166 Å². The van der Waals surface area contributed by atoms with Crippen LogP contribution in [-0.4, -0.2) is 31.1 Å². The Morgan fingerprint density at radius 2 is 1.58 bits per heavy atom. The topological polar surface area (TPSA) is 15.3 Å². The monoisotopic (exact) mass is 416 g/mol. The summed E-state index contributed by atoms with van der Waals surface area (Å²) in [6, 6.07) is 3.34. The smallest absolute Gasteiger partial charge is 0.148 e. The van der Waals surface area contributed by atoms with Crippen LogP contribution < -0.4 is 5.32 Å². The van der Waals surface area contributed by atoms with Gasteiger partial charge in [-0.25, -0.2) is 4.39 Å².